The molecule has 3 rings (SSSR count). The molecular formula is C29H34O7S. The second-order valence-corrected chi connectivity index (χ2v) is 11.5. The minimum Gasteiger partial charge on any atom is -0.504 e. The molecule has 0 bridgehead atoms. The van der Waals surface area contributed by atoms with Crippen LogP contribution in [0.2, 0.25) is 0 Å². The first-order chi connectivity index (χ1) is 17.4. The number of sulfone groups is 1. The van der Waals surface area contributed by atoms with Crippen LogP contribution in [-0.4, -0.2) is 42.0 Å². The zero-order valence-electron chi connectivity index (χ0n) is 22.3. The molecular weight excluding hydrogens is 492 g/mol. The second-order valence-electron chi connectivity index (χ2n) is 9.51. The molecule has 0 heterocycles. The normalized spacial score (nSPS) is 12.0. The molecule has 8 heteroatoms. The molecule has 0 radical (unpaired) electrons. The third-order valence-electron chi connectivity index (χ3n) is 6.02. The number of hydrogen-bond donors (Lipinski definition) is 1. The van der Waals surface area contributed by atoms with E-state index in [4.69, 9.17) is 18.9 Å². The van der Waals surface area contributed by atoms with Gasteiger partial charge in [0, 0.05) is 5.56 Å². The Kier molecular flexibility index (Phi) is 8.43. The van der Waals surface area contributed by atoms with E-state index in [2.05, 4.69) is 0 Å². The maximum Gasteiger partial charge on any atom is 0.203 e. The van der Waals surface area contributed by atoms with Crippen molar-refractivity contribution < 1.29 is 32.5 Å². The minimum atomic E-state index is -3.76. The average Bonchev–Trinajstić information content (AvgIpc) is 2.87. The standard InChI is InChI=1S/C29H34O7S/c1-29(2,3)21-9-8-10-22(17-21)37(31,32)18-23-20(13-14-24(30)27(23)35-6)12-11-19-15-25(33-4)28(36-7)26(16-19)34-5/h8-17,30H,18H2,1-7H3/b12-11-. The summed E-state index contributed by atoms with van der Waals surface area (Å²) in [5.74, 6) is 1.08. The lowest BCUT2D eigenvalue weighted by molar-refractivity contribution is 0.324. The van der Waals surface area contributed by atoms with E-state index in [9.17, 15) is 13.5 Å². The Hall–Kier alpha value is -3.65. The van der Waals surface area contributed by atoms with Crippen LogP contribution in [0, 0.1) is 0 Å². The Morgan fingerprint density at radius 1 is 0.811 bits per heavy atom. The summed E-state index contributed by atoms with van der Waals surface area (Å²) in [6, 6.07) is 13.7. The quantitative estimate of drug-likeness (QED) is 0.349. The van der Waals surface area contributed by atoms with E-state index in [-0.39, 0.29) is 27.6 Å². The minimum absolute atomic E-state index is 0.114. The molecule has 0 aliphatic carbocycles. The largest absolute Gasteiger partial charge is 0.504 e. The summed E-state index contributed by atoms with van der Waals surface area (Å²) in [5, 5.41) is 10.4. The fraction of sp³-hybridized carbons (Fsp3) is 0.310. The molecule has 1 N–H and O–H groups in total. The van der Waals surface area contributed by atoms with E-state index >= 15 is 0 Å². The molecule has 3 aromatic carbocycles. The number of phenolic OH excluding ortho intramolecular Hbond substituents is 1. The molecule has 198 valence electrons. The van der Waals surface area contributed by atoms with Gasteiger partial charge in [0.2, 0.25) is 5.75 Å². The van der Waals surface area contributed by atoms with Gasteiger partial charge in [-0.05, 0) is 52.4 Å². The highest BCUT2D eigenvalue weighted by molar-refractivity contribution is 7.90. The van der Waals surface area contributed by atoms with Crippen molar-refractivity contribution in [1.29, 1.82) is 0 Å². The smallest absolute Gasteiger partial charge is 0.203 e. The summed E-state index contributed by atoms with van der Waals surface area (Å²) in [5.41, 5.74) is 2.39. The molecule has 0 aliphatic rings. The molecule has 0 spiro atoms. The first kappa shape index (κ1) is 27.9. The van der Waals surface area contributed by atoms with Crippen molar-refractivity contribution in [2.24, 2.45) is 0 Å². The van der Waals surface area contributed by atoms with Gasteiger partial charge in [-0.3, -0.25) is 0 Å². The zero-order chi connectivity index (χ0) is 27.4. The maximum atomic E-state index is 13.5. The number of rotatable bonds is 9. The lowest BCUT2D eigenvalue weighted by Gasteiger charge is -2.20. The van der Waals surface area contributed by atoms with Gasteiger partial charge in [-0.15, -0.1) is 0 Å². The van der Waals surface area contributed by atoms with Crippen LogP contribution >= 0.6 is 0 Å². The van der Waals surface area contributed by atoms with E-state index in [1.165, 1.54) is 34.5 Å². The van der Waals surface area contributed by atoms with E-state index in [0.717, 1.165) is 11.1 Å². The van der Waals surface area contributed by atoms with Crippen molar-refractivity contribution in [1.82, 2.24) is 0 Å². The summed E-state index contributed by atoms with van der Waals surface area (Å²) in [7, 11) is 2.24. The van der Waals surface area contributed by atoms with Crippen LogP contribution in [0.1, 0.15) is 43.0 Å². The van der Waals surface area contributed by atoms with Gasteiger partial charge in [-0.25, -0.2) is 8.42 Å². The molecule has 0 unspecified atom stereocenters. The zero-order valence-corrected chi connectivity index (χ0v) is 23.1. The van der Waals surface area contributed by atoms with E-state index in [0.29, 0.717) is 28.4 Å². The molecule has 0 aromatic heterocycles. The monoisotopic (exact) mass is 526 g/mol. The number of aromatic hydroxyl groups is 1. The molecule has 7 nitrogen and oxygen atoms in total. The SMILES string of the molecule is COc1cc(/C=C\c2ccc(O)c(OC)c2CS(=O)(=O)c2cccc(C(C)(C)C)c2)cc(OC)c1OC. The Labute approximate surface area is 219 Å². The van der Waals surface area contributed by atoms with Crippen LogP contribution in [0.4, 0.5) is 0 Å². The van der Waals surface area contributed by atoms with Crippen LogP contribution in [0.3, 0.4) is 0 Å². The van der Waals surface area contributed by atoms with Crippen molar-refractivity contribution in [2.75, 3.05) is 28.4 Å². The summed E-state index contributed by atoms with van der Waals surface area (Å²) in [4.78, 5) is 0.213. The highest BCUT2D eigenvalue weighted by Crippen LogP contribution is 2.40. The van der Waals surface area contributed by atoms with Crippen molar-refractivity contribution in [3.8, 4) is 28.7 Å². The summed E-state index contributed by atoms with van der Waals surface area (Å²) in [6.07, 6.45) is 3.56. The van der Waals surface area contributed by atoms with Crippen molar-refractivity contribution in [3.05, 3.63) is 70.8 Å². The number of hydrogen-bond acceptors (Lipinski definition) is 7. The molecule has 0 amide bonds. The topological polar surface area (TPSA) is 91.3 Å². The van der Waals surface area contributed by atoms with Crippen LogP contribution < -0.4 is 18.9 Å². The molecule has 0 saturated carbocycles. The fourth-order valence-corrected chi connectivity index (χ4v) is 5.41. The second kappa shape index (κ2) is 11.2. The van der Waals surface area contributed by atoms with Gasteiger partial charge in [0.05, 0.1) is 39.1 Å². The van der Waals surface area contributed by atoms with E-state index in [1.54, 1.807) is 48.6 Å². The van der Waals surface area contributed by atoms with Crippen molar-refractivity contribution >= 4 is 22.0 Å². The fourth-order valence-electron chi connectivity index (χ4n) is 3.98. The number of ether oxygens (including phenoxy) is 4. The van der Waals surface area contributed by atoms with Crippen LogP contribution in [0.15, 0.2) is 53.4 Å². The third kappa shape index (κ3) is 6.20. The summed E-state index contributed by atoms with van der Waals surface area (Å²) < 4.78 is 48.7. The maximum absolute atomic E-state index is 13.5. The number of methoxy groups -OCH3 is 4. The summed E-state index contributed by atoms with van der Waals surface area (Å²) >= 11 is 0. The molecule has 0 fully saturated rings. The van der Waals surface area contributed by atoms with E-state index in [1.807, 2.05) is 26.8 Å². The van der Waals surface area contributed by atoms with Gasteiger partial charge < -0.3 is 24.1 Å². The molecule has 0 aliphatic heterocycles. The molecule has 37 heavy (non-hydrogen) atoms. The van der Waals surface area contributed by atoms with Crippen LogP contribution in [-0.2, 0) is 21.0 Å². The molecule has 0 atom stereocenters. The Balaban J connectivity index is 2.08. The third-order valence-corrected chi connectivity index (χ3v) is 7.66. The Morgan fingerprint density at radius 2 is 1.43 bits per heavy atom. The Bertz CT molecular complexity index is 1380. The highest BCUT2D eigenvalue weighted by atomic mass is 32.2. The Morgan fingerprint density at radius 3 is 1.97 bits per heavy atom. The lowest BCUT2D eigenvalue weighted by Crippen LogP contribution is -2.13. The summed E-state index contributed by atoms with van der Waals surface area (Å²) in [6.45, 7) is 6.09. The van der Waals surface area contributed by atoms with Gasteiger partial charge in [0.25, 0.3) is 0 Å². The van der Waals surface area contributed by atoms with Gasteiger partial charge in [0.15, 0.2) is 32.8 Å². The van der Waals surface area contributed by atoms with Crippen molar-refractivity contribution in [2.45, 2.75) is 36.8 Å². The van der Waals surface area contributed by atoms with Crippen LogP contribution in [0.5, 0.6) is 28.7 Å². The highest BCUT2D eigenvalue weighted by Gasteiger charge is 2.24. The van der Waals surface area contributed by atoms with E-state index < -0.39 is 9.84 Å². The predicted molar refractivity (Wildman–Crippen MR) is 146 cm³/mol. The first-order valence-electron chi connectivity index (χ1n) is 11.7. The van der Waals surface area contributed by atoms with Gasteiger partial charge >= 0.3 is 0 Å². The lowest BCUT2D eigenvalue weighted by atomic mass is 9.87. The number of phenols is 1. The van der Waals surface area contributed by atoms with Gasteiger partial charge in [-0.1, -0.05) is 51.1 Å². The predicted octanol–water partition coefficient (Wildman–Crippen LogP) is 5.87. The number of benzene rings is 3. The van der Waals surface area contributed by atoms with Gasteiger partial charge in [-0.2, -0.15) is 0 Å². The average molecular weight is 527 g/mol. The molecule has 3 aromatic rings. The van der Waals surface area contributed by atoms with Crippen molar-refractivity contribution in [3.63, 3.8) is 0 Å². The molecule has 0 saturated heterocycles. The van der Waals surface area contributed by atoms with Crippen LogP contribution in [0.25, 0.3) is 12.2 Å². The first-order valence-corrected chi connectivity index (χ1v) is 13.3. The van der Waals surface area contributed by atoms with Gasteiger partial charge in [0.1, 0.15) is 0 Å².